The van der Waals surface area contributed by atoms with Crippen LogP contribution >= 0.6 is 11.6 Å². The molecule has 0 fully saturated rings. The molecule has 0 amide bonds. The van der Waals surface area contributed by atoms with Crippen molar-refractivity contribution in [2.24, 2.45) is 0 Å². The summed E-state index contributed by atoms with van der Waals surface area (Å²) in [5.41, 5.74) is 1.45. The molecule has 2 aromatic rings. The standard InChI is InChI=1S/C14H12ClF3N2O/c1-9(20-12-3-2-8-19-13(12)15)10-4-6-11(7-5-10)21-14(16,17)18/h2-9,20H,1H3. The van der Waals surface area contributed by atoms with Crippen LogP contribution in [0.5, 0.6) is 5.75 Å². The molecule has 0 saturated carbocycles. The third-order valence-corrected chi connectivity index (χ3v) is 3.05. The van der Waals surface area contributed by atoms with Crippen molar-refractivity contribution >= 4 is 17.3 Å². The summed E-state index contributed by atoms with van der Waals surface area (Å²) in [6, 6.07) is 9.02. The molecule has 0 bridgehead atoms. The quantitative estimate of drug-likeness (QED) is 0.822. The van der Waals surface area contributed by atoms with E-state index in [1.165, 1.54) is 12.1 Å². The average molecular weight is 317 g/mol. The molecule has 1 aromatic carbocycles. The van der Waals surface area contributed by atoms with Crippen LogP contribution in [0.4, 0.5) is 18.9 Å². The van der Waals surface area contributed by atoms with Crippen LogP contribution in [0.15, 0.2) is 42.6 Å². The van der Waals surface area contributed by atoms with Gasteiger partial charge in [-0.15, -0.1) is 13.2 Å². The molecule has 0 aliphatic rings. The first kappa shape index (κ1) is 15.4. The lowest BCUT2D eigenvalue weighted by molar-refractivity contribution is -0.274. The van der Waals surface area contributed by atoms with Gasteiger partial charge in [0.05, 0.1) is 5.69 Å². The third-order valence-electron chi connectivity index (χ3n) is 2.74. The Bertz CT molecular complexity index is 602. The summed E-state index contributed by atoms with van der Waals surface area (Å²) in [6.45, 7) is 1.86. The molecule has 1 heterocycles. The zero-order valence-corrected chi connectivity index (χ0v) is 11.7. The summed E-state index contributed by atoms with van der Waals surface area (Å²) in [4.78, 5) is 3.94. The SMILES string of the molecule is CC(Nc1cccnc1Cl)c1ccc(OC(F)(F)F)cc1. The van der Waals surface area contributed by atoms with E-state index in [9.17, 15) is 13.2 Å². The van der Waals surface area contributed by atoms with Crippen molar-refractivity contribution in [3.8, 4) is 5.75 Å². The van der Waals surface area contributed by atoms with Crippen LogP contribution in [0.1, 0.15) is 18.5 Å². The Kier molecular flexibility index (Phi) is 4.57. The van der Waals surface area contributed by atoms with Gasteiger partial charge in [0.1, 0.15) is 5.75 Å². The first-order valence-electron chi connectivity index (χ1n) is 6.08. The first-order chi connectivity index (χ1) is 9.85. The van der Waals surface area contributed by atoms with E-state index in [1.54, 1.807) is 30.5 Å². The van der Waals surface area contributed by atoms with Crippen molar-refractivity contribution < 1.29 is 17.9 Å². The molecule has 1 aromatic heterocycles. The van der Waals surface area contributed by atoms with Crippen LogP contribution in [-0.4, -0.2) is 11.3 Å². The highest BCUT2D eigenvalue weighted by Gasteiger charge is 2.31. The molecule has 0 spiro atoms. The molecule has 0 radical (unpaired) electrons. The number of nitrogens with zero attached hydrogens (tertiary/aromatic N) is 1. The van der Waals surface area contributed by atoms with Crippen molar-refractivity contribution in [2.45, 2.75) is 19.3 Å². The molecule has 7 heteroatoms. The summed E-state index contributed by atoms with van der Waals surface area (Å²) in [5.74, 6) is -0.252. The number of ether oxygens (including phenoxy) is 1. The van der Waals surface area contributed by atoms with E-state index >= 15 is 0 Å². The maximum atomic E-state index is 12.1. The van der Waals surface area contributed by atoms with Gasteiger partial charge in [-0.1, -0.05) is 23.7 Å². The fourth-order valence-electron chi connectivity index (χ4n) is 1.77. The average Bonchev–Trinajstić information content (AvgIpc) is 2.40. The summed E-state index contributed by atoms with van der Waals surface area (Å²) in [5, 5.41) is 3.47. The van der Waals surface area contributed by atoms with Crippen LogP contribution in [-0.2, 0) is 0 Å². The monoisotopic (exact) mass is 316 g/mol. The predicted molar refractivity (Wildman–Crippen MR) is 74.4 cm³/mol. The van der Waals surface area contributed by atoms with Gasteiger partial charge in [0.25, 0.3) is 0 Å². The molecule has 0 aliphatic carbocycles. The lowest BCUT2D eigenvalue weighted by Crippen LogP contribution is -2.17. The second-order valence-electron chi connectivity index (χ2n) is 4.32. The van der Waals surface area contributed by atoms with Gasteiger partial charge in [0.2, 0.25) is 0 Å². The van der Waals surface area contributed by atoms with Gasteiger partial charge in [-0.25, -0.2) is 4.98 Å². The highest BCUT2D eigenvalue weighted by molar-refractivity contribution is 6.31. The highest BCUT2D eigenvalue weighted by Crippen LogP contribution is 2.27. The number of halogens is 4. The normalized spacial score (nSPS) is 12.8. The largest absolute Gasteiger partial charge is 0.573 e. The van der Waals surface area contributed by atoms with Gasteiger partial charge in [0, 0.05) is 12.2 Å². The lowest BCUT2D eigenvalue weighted by atomic mass is 10.1. The smallest absolute Gasteiger partial charge is 0.406 e. The third kappa shape index (κ3) is 4.53. The van der Waals surface area contributed by atoms with E-state index in [2.05, 4.69) is 15.0 Å². The van der Waals surface area contributed by atoms with Crippen molar-refractivity contribution in [3.05, 3.63) is 53.3 Å². The number of nitrogens with one attached hydrogen (secondary N) is 1. The first-order valence-corrected chi connectivity index (χ1v) is 6.46. The minimum absolute atomic E-state index is 0.147. The number of hydrogen-bond donors (Lipinski definition) is 1. The molecule has 21 heavy (non-hydrogen) atoms. The zero-order valence-electron chi connectivity index (χ0n) is 11.0. The molecule has 0 aliphatic heterocycles. The molecule has 0 saturated heterocycles. The molecule has 3 nitrogen and oxygen atoms in total. The summed E-state index contributed by atoms with van der Waals surface area (Å²) in [7, 11) is 0. The maximum Gasteiger partial charge on any atom is 0.573 e. The van der Waals surface area contributed by atoms with Gasteiger partial charge < -0.3 is 10.1 Å². The number of alkyl halides is 3. The van der Waals surface area contributed by atoms with Crippen LogP contribution in [0.3, 0.4) is 0 Å². The summed E-state index contributed by atoms with van der Waals surface area (Å²) >= 11 is 5.94. The fraction of sp³-hybridized carbons (Fsp3) is 0.214. The van der Waals surface area contributed by atoms with E-state index < -0.39 is 6.36 Å². The van der Waals surface area contributed by atoms with Crippen LogP contribution in [0.25, 0.3) is 0 Å². The number of anilines is 1. The number of rotatable bonds is 4. The Morgan fingerprint density at radius 2 is 1.86 bits per heavy atom. The molecular formula is C14H12ClF3N2O. The van der Waals surface area contributed by atoms with E-state index in [4.69, 9.17) is 11.6 Å². The van der Waals surface area contributed by atoms with Crippen molar-refractivity contribution in [2.75, 3.05) is 5.32 Å². The van der Waals surface area contributed by atoms with Gasteiger partial charge in [-0.3, -0.25) is 0 Å². The van der Waals surface area contributed by atoms with Crippen LogP contribution in [0, 0.1) is 0 Å². The second kappa shape index (κ2) is 6.22. The van der Waals surface area contributed by atoms with Gasteiger partial charge in [0.15, 0.2) is 5.15 Å². The highest BCUT2D eigenvalue weighted by atomic mass is 35.5. The Labute approximate surface area is 124 Å². The Morgan fingerprint density at radius 3 is 2.43 bits per heavy atom. The Hall–Kier alpha value is -1.95. The number of benzene rings is 1. The number of pyridine rings is 1. The minimum atomic E-state index is -4.69. The number of hydrogen-bond acceptors (Lipinski definition) is 3. The second-order valence-corrected chi connectivity index (χ2v) is 4.68. The molecule has 1 unspecified atom stereocenters. The molecular weight excluding hydrogens is 305 g/mol. The minimum Gasteiger partial charge on any atom is -0.406 e. The fourth-order valence-corrected chi connectivity index (χ4v) is 1.94. The summed E-state index contributed by atoms with van der Waals surface area (Å²) in [6.07, 6.45) is -3.12. The number of aromatic nitrogens is 1. The van der Waals surface area contributed by atoms with Crippen molar-refractivity contribution in [3.63, 3.8) is 0 Å². The van der Waals surface area contributed by atoms with Crippen molar-refractivity contribution in [1.82, 2.24) is 4.98 Å². The topological polar surface area (TPSA) is 34.2 Å². The van der Waals surface area contributed by atoms with E-state index in [-0.39, 0.29) is 11.8 Å². The Balaban J connectivity index is 2.06. The van der Waals surface area contributed by atoms with Gasteiger partial charge in [-0.2, -0.15) is 0 Å². The summed E-state index contributed by atoms with van der Waals surface area (Å²) < 4.78 is 40.1. The predicted octanol–water partition coefficient (Wildman–Crippen LogP) is 4.81. The van der Waals surface area contributed by atoms with Crippen molar-refractivity contribution in [1.29, 1.82) is 0 Å². The van der Waals surface area contributed by atoms with E-state index in [1.807, 2.05) is 6.92 Å². The Morgan fingerprint density at radius 1 is 1.19 bits per heavy atom. The van der Waals surface area contributed by atoms with Crippen LogP contribution in [0.2, 0.25) is 5.15 Å². The zero-order chi connectivity index (χ0) is 15.5. The molecule has 2 rings (SSSR count). The lowest BCUT2D eigenvalue weighted by Gasteiger charge is -2.17. The molecule has 112 valence electrons. The molecule has 1 atom stereocenters. The van der Waals surface area contributed by atoms with E-state index in [0.29, 0.717) is 10.8 Å². The van der Waals surface area contributed by atoms with Gasteiger partial charge in [-0.05, 0) is 36.8 Å². The van der Waals surface area contributed by atoms with Gasteiger partial charge >= 0.3 is 6.36 Å². The van der Waals surface area contributed by atoms with Crippen LogP contribution < -0.4 is 10.1 Å². The maximum absolute atomic E-state index is 12.1. The van der Waals surface area contributed by atoms with E-state index in [0.717, 1.165) is 5.56 Å². The molecule has 1 N–H and O–H groups in total.